The molecule has 26 heavy (non-hydrogen) atoms. The van der Waals surface area contributed by atoms with Crippen LogP contribution < -0.4 is 5.32 Å². The van der Waals surface area contributed by atoms with Gasteiger partial charge >= 0.3 is 0 Å². The molecule has 2 fully saturated rings. The Morgan fingerprint density at radius 1 is 1.27 bits per heavy atom. The summed E-state index contributed by atoms with van der Waals surface area (Å²) in [5.74, 6) is -0.474. The number of carbonyl (C=O) groups excluding carboxylic acids is 3. The second-order valence-corrected chi connectivity index (χ2v) is 7.00. The summed E-state index contributed by atoms with van der Waals surface area (Å²) in [6.07, 6.45) is 0.424. The quantitative estimate of drug-likeness (QED) is 0.783. The molecular formula is C17H20N6O3. The highest BCUT2D eigenvalue weighted by Gasteiger charge is 2.45. The fourth-order valence-corrected chi connectivity index (χ4v) is 3.69. The van der Waals surface area contributed by atoms with Gasteiger partial charge in [0, 0.05) is 31.4 Å². The molecule has 2 saturated heterocycles. The second-order valence-electron chi connectivity index (χ2n) is 7.00. The number of piperazine rings is 1. The molecule has 2 aliphatic rings. The van der Waals surface area contributed by atoms with E-state index >= 15 is 0 Å². The molecule has 136 valence electrons. The molecule has 0 aliphatic carbocycles. The molecule has 0 aromatic carbocycles. The van der Waals surface area contributed by atoms with Gasteiger partial charge in [-0.2, -0.15) is 5.10 Å². The van der Waals surface area contributed by atoms with Crippen molar-refractivity contribution in [3.05, 3.63) is 29.2 Å². The third-order valence-corrected chi connectivity index (χ3v) is 4.95. The van der Waals surface area contributed by atoms with E-state index in [1.165, 1.54) is 4.90 Å². The van der Waals surface area contributed by atoms with Crippen LogP contribution in [0.2, 0.25) is 0 Å². The zero-order valence-electron chi connectivity index (χ0n) is 14.9. The van der Waals surface area contributed by atoms with Crippen LogP contribution >= 0.6 is 0 Å². The first kappa shape index (κ1) is 16.5. The largest absolute Gasteiger partial charge is 0.346 e. The maximum atomic E-state index is 12.6. The first-order chi connectivity index (χ1) is 12.3. The van der Waals surface area contributed by atoms with Gasteiger partial charge in [-0.3, -0.25) is 14.4 Å². The number of fused-ring (bicyclic) bond motifs is 2. The lowest BCUT2D eigenvalue weighted by molar-refractivity contribution is -0.152. The monoisotopic (exact) mass is 356 g/mol. The highest BCUT2D eigenvalue weighted by Crippen LogP contribution is 2.23. The SMILES string of the molecule is Cc1cc2nc(C(=O)N[C@H]3C[C@H]4C(=O)N(C)CC(=O)N4C3)cc(C)n2n1. The molecule has 2 atom stereocenters. The number of aromatic nitrogens is 3. The molecule has 1 N–H and O–H groups in total. The molecule has 0 spiro atoms. The summed E-state index contributed by atoms with van der Waals surface area (Å²) in [7, 11) is 1.62. The van der Waals surface area contributed by atoms with Crippen molar-refractivity contribution in [2.24, 2.45) is 0 Å². The summed E-state index contributed by atoms with van der Waals surface area (Å²) in [5, 5.41) is 7.24. The maximum Gasteiger partial charge on any atom is 0.270 e. The van der Waals surface area contributed by atoms with Crippen molar-refractivity contribution in [1.82, 2.24) is 29.7 Å². The van der Waals surface area contributed by atoms with Gasteiger partial charge in [0.05, 0.1) is 12.2 Å². The van der Waals surface area contributed by atoms with E-state index < -0.39 is 6.04 Å². The van der Waals surface area contributed by atoms with Crippen LogP contribution in [0.4, 0.5) is 0 Å². The van der Waals surface area contributed by atoms with Crippen LogP contribution in [0.15, 0.2) is 12.1 Å². The predicted octanol–water partition coefficient (Wildman–Crippen LogP) is -0.483. The van der Waals surface area contributed by atoms with Crippen LogP contribution in [0.5, 0.6) is 0 Å². The third-order valence-electron chi connectivity index (χ3n) is 4.95. The van der Waals surface area contributed by atoms with Crippen LogP contribution in [0, 0.1) is 13.8 Å². The predicted molar refractivity (Wildman–Crippen MR) is 91.5 cm³/mol. The Kier molecular flexibility index (Phi) is 3.67. The zero-order valence-corrected chi connectivity index (χ0v) is 14.9. The molecule has 0 unspecified atom stereocenters. The van der Waals surface area contributed by atoms with E-state index in [0.717, 1.165) is 11.4 Å². The van der Waals surface area contributed by atoms with Crippen molar-refractivity contribution in [3.8, 4) is 0 Å². The minimum absolute atomic E-state index is 0.0773. The van der Waals surface area contributed by atoms with Gasteiger partial charge in [-0.15, -0.1) is 0 Å². The zero-order chi connectivity index (χ0) is 18.6. The van der Waals surface area contributed by atoms with Gasteiger partial charge < -0.3 is 15.1 Å². The van der Waals surface area contributed by atoms with Gasteiger partial charge in [0.2, 0.25) is 11.8 Å². The Balaban J connectivity index is 1.52. The van der Waals surface area contributed by atoms with Gasteiger partial charge in [-0.25, -0.2) is 9.50 Å². The van der Waals surface area contributed by atoms with Crippen LogP contribution in [-0.4, -0.2) is 74.3 Å². The van der Waals surface area contributed by atoms with Crippen molar-refractivity contribution in [3.63, 3.8) is 0 Å². The van der Waals surface area contributed by atoms with E-state index in [4.69, 9.17) is 0 Å². The number of amides is 3. The number of hydrogen-bond acceptors (Lipinski definition) is 5. The summed E-state index contributed by atoms with van der Waals surface area (Å²) >= 11 is 0. The number of aryl methyl sites for hydroxylation is 2. The minimum atomic E-state index is -0.485. The fraction of sp³-hybridized carbons (Fsp3) is 0.471. The molecule has 0 bridgehead atoms. The molecule has 0 radical (unpaired) electrons. The van der Waals surface area contributed by atoms with Crippen molar-refractivity contribution in [2.45, 2.75) is 32.4 Å². The van der Waals surface area contributed by atoms with Crippen molar-refractivity contribution >= 4 is 23.4 Å². The van der Waals surface area contributed by atoms with E-state index in [1.807, 2.05) is 19.9 Å². The molecule has 2 aliphatic heterocycles. The van der Waals surface area contributed by atoms with E-state index in [2.05, 4.69) is 15.4 Å². The van der Waals surface area contributed by atoms with Gasteiger partial charge in [-0.1, -0.05) is 0 Å². The lowest BCUT2D eigenvalue weighted by Gasteiger charge is -2.33. The Morgan fingerprint density at radius 2 is 2.04 bits per heavy atom. The first-order valence-electron chi connectivity index (χ1n) is 8.53. The Hall–Kier alpha value is -2.97. The van der Waals surface area contributed by atoms with Gasteiger partial charge in [0.1, 0.15) is 11.7 Å². The molecule has 3 amide bonds. The topological polar surface area (TPSA) is 99.9 Å². The average molecular weight is 356 g/mol. The number of nitrogens with zero attached hydrogens (tertiary/aromatic N) is 5. The Labute approximate surface area is 150 Å². The average Bonchev–Trinajstić information content (AvgIpc) is 3.16. The van der Waals surface area contributed by atoms with Crippen LogP contribution in [0.3, 0.4) is 0 Å². The van der Waals surface area contributed by atoms with E-state index in [-0.39, 0.29) is 30.3 Å². The molecule has 4 rings (SSSR count). The minimum Gasteiger partial charge on any atom is -0.346 e. The summed E-state index contributed by atoms with van der Waals surface area (Å²) < 4.78 is 1.69. The first-order valence-corrected chi connectivity index (χ1v) is 8.53. The number of rotatable bonds is 2. The van der Waals surface area contributed by atoms with Crippen LogP contribution in [-0.2, 0) is 9.59 Å². The molecule has 9 nitrogen and oxygen atoms in total. The Bertz CT molecular complexity index is 936. The van der Waals surface area contributed by atoms with Gasteiger partial charge in [0.25, 0.3) is 5.91 Å². The summed E-state index contributed by atoms with van der Waals surface area (Å²) in [6.45, 7) is 4.17. The van der Waals surface area contributed by atoms with Crippen molar-refractivity contribution < 1.29 is 14.4 Å². The van der Waals surface area contributed by atoms with Gasteiger partial charge in [-0.05, 0) is 26.3 Å². The summed E-state index contributed by atoms with van der Waals surface area (Å²) in [6, 6.07) is 2.74. The smallest absolute Gasteiger partial charge is 0.270 e. The van der Waals surface area contributed by atoms with Gasteiger partial charge in [0.15, 0.2) is 5.65 Å². The fourth-order valence-electron chi connectivity index (χ4n) is 3.69. The maximum absolute atomic E-state index is 12.6. The molecule has 4 heterocycles. The standard InChI is InChI=1S/C17H20N6O3/c1-9-4-14-19-12(5-10(2)23(14)20-9)16(25)18-11-6-13-17(26)21(3)8-15(24)22(13)7-11/h4-5,11,13H,6-8H2,1-3H3,(H,18,25)/t11-,13-/m0/s1. The molecular weight excluding hydrogens is 336 g/mol. The highest BCUT2D eigenvalue weighted by molar-refractivity contribution is 5.96. The van der Waals surface area contributed by atoms with E-state index in [9.17, 15) is 14.4 Å². The van der Waals surface area contributed by atoms with Crippen LogP contribution in [0.25, 0.3) is 5.65 Å². The molecule has 9 heteroatoms. The highest BCUT2D eigenvalue weighted by atomic mass is 16.2. The number of carbonyl (C=O) groups is 3. The van der Waals surface area contributed by atoms with Crippen molar-refractivity contribution in [2.75, 3.05) is 20.1 Å². The normalized spacial score (nSPS) is 22.9. The third kappa shape index (κ3) is 2.59. The number of nitrogens with one attached hydrogen (secondary N) is 1. The lowest BCUT2D eigenvalue weighted by atomic mass is 10.1. The van der Waals surface area contributed by atoms with Crippen molar-refractivity contribution in [1.29, 1.82) is 0 Å². The number of hydrogen-bond donors (Lipinski definition) is 1. The molecule has 2 aromatic rings. The number of likely N-dealkylation sites (N-methyl/N-ethyl adjacent to an activating group) is 1. The lowest BCUT2D eigenvalue weighted by Crippen LogP contribution is -2.55. The van der Waals surface area contributed by atoms with E-state index in [1.54, 1.807) is 22.5 Å². The van der Waals surface area contributed by atoms with E-state index in [0.29, 0.717) is 24.3 Å². The second kappa shape index (κ2) is 5.79. The molecule has 2 aromatic heterocycles. The van der Waals surface area contributed by atoms with Crippen LogP contribution in [0.1, 0.15) is 28.3 Å². The summed E-state index contributed by atoms with van der Waals surface area (Å²) in [5.41, 5.74) is 2.55. The molecule has 0 saturated carbocycles. The summed E-state index contributed by atoms with van der Waals surface area (Å²) in [4.78, 5) is 44.4. The Morgan fingerprint density at radius 3 is 2.81 bits per heavy atom.